The van der Waals surface area contributed by atoms with Gasteiger partial charge in [-0.15, -0.1) is 0 Å². The summed E-state index contributed by atoms with van der Waals surface area (Å²) in [4.78, 5) is 16.0. The van der Waals surface area contributed by atoms with Gasteiger partial charge in [0.05, 0.1) is 41.5 Å². The van der Waals surface area contributed by atoms with Gasteiger partial charge in [-0.05, 0) is 93.3 Å². The van der Waals surface area contributed by atoms with E-state index in [2.05, 4.69) is 0 Å². The Labute approximate surface area is 304 Å². The summed E-state index contributed by atoms with van der Waals surface area (Å²) >= 11 is 0. The molecule has 0 saturated carbocycles. The Bertz CT molecular complexity index is 1200. The van der Waals surface area contributed by atoms with Crippen LogP contribution in [-0.4, -0.2) is 142 Å². The van der Waals surface area contributed by atoms with Crippen molar-refractivity contribution in [3.8, 4) is 0 Å². The highest BCUT2D eigenvalue weighted by Crippen LogP contribution is 2.41. The second-order valence-electron chi connectivity index (χ2n) is 16.4. The standard InChI is InChI=1S/C37H68N2O12/c1-14-25-37(10,45)30(41)20(4)27(38)18(2)16-35(8,44)32(51-34-28(40)24(39(11)12)15-19(3)47-34)21(5)29(22(6)33(43)49-25)50-26-17-36(9,46-13)31(42)23(7)48-26/h18-19,21-26,28-32,34,40-42,44-45H,14-17,38H2,1-13H3/t18-,19+,21+,22+,23+,24-,25+,26-,28+,29+,30+,31+,32-,34+,35+,36-,37-/m0/s1. The molecular weight excluding hydrogens is 664 g/mol. The van der Waals surface area contributed by atoms with Crippen molar-refractivity contribution in [2.24, 2.45) is 23.5 Å². The number of hydrogen-bond donors (Lipinski definition) is 6. The van der Waals surface area contributed by atoms with E-state index < -0.39 is 95.8 Å². The van der Waals surface area contributed by atoms with Gasteiger partial charge < -0.3 is 64.6 Å². The van der Waals surface area contributed by atoms with E-state index in [1.54, 1.807) is 55.4 Å². The lowest BCUT2D eigenvalue weighted by molar-refractivity contribution is -0.318. The number of aliphatic hydroxyl groups excluding tert-OH is 3. The Morgan fingerprint density at radius 1 is 0.980 bits per heavy atom. The first-order valence-corrected chi connectivity index (χ1v) is 18.4. The Balaban J connectivity index is 2.21. The summed E-state index contributed by atoms with van der Waals surface area (Å²) < 4.78 is 37.3. The minimum Gasteiger partial charge on any atom is -0.459 e. The molecule has 0 aliphatic carbocycles. The molecular formula is C37H68N2O12. The minimum absolute atomic E-state index is 0.0309. The predicted octanol–water partition coefficient (Wildman–Crippen LogP) is 1.81. The summed E-state index contributed by atoms with van der Waals surface area (Å²) in [5.41, 5.74) is 2.53. The lowest BCUT2D eigenvalue weighted by Gasteiger charge is -2.49. The van der Waals surface area contributed by atoms with Crippen LogP contribution < -0.4 is 5.73 Å². The van der Waals surface area contributed by atoms with E-state index in [0.717, 1.165) is 0 Å². The van der Waals surface area contributed by atoms with Gasteiger partial charge in [0.15, 0.2) is 12.6 Å². The maximum absolute atomic E-state index is 14.1. The molecule has 2 fully saturated rings. The molecule has 3 aliphatic rings. The number of esters is 1. The van der Waals surface area contributed by atoms with E-state index in [1.165, 1.54) is 14.0 Å². The van der Waals surface area contributed by atoms with E-state index in [-0.39, 0.29) is 42.7 Å². The average Bonchev–Trinajstić information content (AvgIpc) is 3.05. The molecule has 0 radical (unpaired) electrons. The third-order valence-corrected chi connectivity index (χ3v) is 11.8. The van der Waals surface area contributed by atoms with Crippen molar-refractivity contribution in [2.75, 3.05) is 21.2 Å². The smallest absolute Gasteiger partial charge is 0.311 e. The van der Waals surface area contributed by atoms with Crippen molar-refractivity contribution in [3.05, 3.63) is 11.3 Å². The summed E-state index contributed by atoms with van der Waals surface area (Å²) in [5, 5.41) is 57.9. The molecule has 3 aliphatic heterocycles. The second kappa shape index (κ2) is 16.9. The lowest BCUT2D eigenvalue weighted by Crippen LogP contribution is -2.60. The molecule has 0 aromatic carbocycles. The van der Waals surface area contributed by atoms with Gasteiger partial charge in [0.2, 0.25) is 0 Å². The van der Waals surface area contributed by atoms with Crippen molar-refractivity contribution in [1.82, 2.24) is 4.90 Å². The SMILES string of the molecule is CC[C@H]1OC(=O)[C@H](C)[C@H](O[C@H]2C[C@](C)(OC)[C@H](O)[C@@H](C)O2)[C@@H](C)[C@H](O[C@H]2O[C@H](C)C[C@H](N(C)C)[C@H]2O)[C@](C)(O)C[C@H](C)C(N)=C(C)[C@@H](O)[C@@]1(C)O. The number of methoxy groups -OCH3 is 1. The number of likely N-dealkylation sites (N-methyl/N-ethyl adjacent to an activating group) is 1. The molecule has 14 heteroatoms. The lowest BCUT2D eigenvalue weighted by atomic mass is 9.76. The number of aliphatic hydroxyl groups is 5. The molecule has 3 rings (SSSR count). The number of nitrogens with two attached hydrogens (primary N) is 1. The van der Waals surface area contributed by atoms with Crippen LogP contribution in [0.1, 0.15) is 94.9 Å². The Kier molecular flexibility index (Phi) is 14.6. The fourth-order valence-electron chi connectivity index (χ4n) is 8.28. The van der Waals surface area contributed by atoms with Crippen LogP contribution in [0, 0.1) is 17.8 Å². The highest BCUT2D eigenvalue weighted by atomic mass is 16.7. The molecule has 2 saturated heterocycles. The predicted molar refractivity (Wildman–Crippen MR) is 189 cm³/mol. The molecule has 0 aromatic rings. The van der Waals surface area contributed by atoms with Crippen molar-refractivity contribution in [3.63, 3.8) is 0 Å². The van der Waals surface area contributed by atoms with Crippen molar-refractivity contribution >= 4 is 5.97 Å². The zero-order valence-electron chi connectivity index (χ0n) is 33.0. The van der Waals surface area contributed by atoms with Crippen molar-refractivity contribution < 1.29 is 58.7 Å². The van der Waals surface area contributed by atoms with Crippen LogP contribution >= 0.6 is 0 Å². The van der Waals surface area contributed by atoms with Crippen molar-refractivity contribution in [2.45, 2.75) is 179 Å². The number of hydrogen-bond acceptors (Lipinski definition) is 14. The maximum atomic E-state index is 14.1. The Morgan fingerprint density at radius 3 is 2.14 bits per heavy atom. The Hall–Kier alpha value is -1.43. The van der Waals surface area contributed by atoms with Gasteiger partial charge in [0.1, 0.15) is 30.0 Å². The molecule has 3 heterocycles. The monoisotopic (exact) mass is 732 g/mol. The van der Waals surface area contributed by atoms with E-state index >= 15 is 0 Å². The van der Waals surface area contributed by atoms with Gasteiger partial charge in [-0.25, -0.2) is 0 Å². The van der Waals surface area contributed by atoms with Crippen LogP contribution in [0.25, 0.3) is 0 Å². The van der Waals surface area contributed by atoms with Gasteiger partial charge in [-0.3, -0.25) is 4.79 Å². The van der Waals surface area contributed by atoms with E-state index in [0.29, 0.717) is 6.42 Å². The molecule has 0 amide bonds. The number of nitrogens with zero attached hydrogens (tertiary/aromatic N) is 1. The quantitative estimate of drug-likeness (QED) is 0.207. The number of cyclic esters (lactones) is 1. The summed E-state index contributed by atoms with van der Waals surface area (Å²) in [5.74, 6) is -3.07. The molecule has 17 atom stereocenters. The van der Waals surface area contributed by atoms with E-state index in [9.17, 15) is 30.3 Å². The van der Waals surface area contributed by atoms with Crippen LogP contribution in [0.15, 0.2) is 11.3 Å². The zero-order valence-corrected chi connectivity index (χ0v) is 33.0. The third-order valence-electron chi connectivity index (χ3n) is 11.8. The summed E-state index contributed by atoms with van der Waals surface area (Å²) in [6.07, 6.45) is -9.00. The van der Waals surface area contributed by atoms with Crippen LogP contribution in [0.2, 0.25) is 0 Å². The number of carbonyl (C=O) groups excluding carboxylic acids is 1. The molecule has 0 bridgehead atoms. The van der Waals surface area contributed by atoms with Gasteiger partial charge in [-0.1, -0.05) is 20.8 Å². The average molecular weight is 733 g/mol. The minimum atomic E-state index is -1.91. The highest BCUT2D eigenvalue weighted by molar-refractivity contribution is 5.73. The first-order chi connectivity index (χ1) is 23.4. The number of rotatable bonds is 7. The fourth-order valence-corrected chi connectivity index (χ4v) is 8.28. The Morgan fingerprint density at radius 2 is 1.59 bits per heavy atom. The normalized spacial score (nSPS) is 48.3. The van der Waals surface area contributed by atoms with Gasteiger partial charge in [0.25, 0.3) is 0 Å². The van der Waals surface area contributed by atoms with Gasteiger partial charge >= 0.3 is 5.97 Å². The van der Waals surface area contributed by atoms with Crippen LogP contribution in [-0.2, 0) is 33.2 Å². The number of ether oxygens (including phenoxy) is 6. The molecule has 14 nitrogen and oxygen atoms in total. The van der Waals surface area contributed by atoms with Crippen molar-refractivity contribution in [1.29, 1.82) is 0 Å². The fraction of sp³-hybridized carbons (Fsp3) is 0.919. The number of carbonyl (C=O) groups is 1. The largest absolute Gasteiger partial charge is 0.459 e. The van der Waals surface area contributed by atoms with Gasteiger partial charge in [-0.2, -0.15) is 0 Å². The molecule has 0 aromatic heterocycles. The molecule has 0 unspecified atom stereocenters. The number of allylic oxidation sites excluding steroid dienone is 1. The maximum Gasteiger partial charge on any atom is 0.311 e. The third kappa shape index (κ3) is 9.45. The van der Waals surface area contributed by atoms with E-state index in [1.807, 2.05) is 25.9 Å². The van der Waals surface area contributed by atoms with Crippen LogP contribution in [0.5, 0.6) is 0 Å². The molecule has 298 valence electrons. The molecule has 0 spiro atoms. The molecule has 51 heavy (non-hydrogen) atoms. The summed E-state index contributed by atoms with van der Waals surface area (Å²) in [7, 11) is 5.23. The first kappa shape index (κ1) is 44.0. The summed E-state index contributed by atoms with van der Waals surface area (Å²) in [6.45, 7) is 16.9. The zero-order chi connectivity index (χ0) is 39.0. The van der Waals surface area contributed by atoms with Crippen LogP contribution in [0.4, 0.5) is 0 Å². The topological polar surface area (TPSA) is 203 Å². The highest BCUT2D eigenvalue weighted by Gasteiger charge is 2.52. The first-order valence-electron chi connectivity index (χ1n) is 18.4. The van der Waals surface area contributed by atoms with Gasteiger partial charge in [0, 0.05) is 31.2 Å². The van der Waals surface area contributed by atoms with E-state index in [4.69, 9.17) is 34.2 Å². The van der Waals surface area contributed by atoms with Crippen LogP contribution in [0.3, 0.4) is 0 Å². The second-order valence-corrected chi connectivity index (χ2v) is 16.4. The molecule has 7 N–H and O–H groups in total. The summed E-state index contributed by atoms with van der Waals surface area (Å²) in [6, 6.07) is -0.297.